The molecule has 160 valence electrons. The Kier molecular flexibility index (Phi) is 7.18. The van der Waals surface area contributed by atoms with Crippen LogP contribution in [0.2, 0.25) is 0 Å². The van der Waals surface area contributed by atoms with Gasteiger partial charge < -0.3 is 25.4 Å². The highest BCUT2D eigenvalue weighted by Crippen LogP contribution is 2.31. The van der Waals surface area contributed by atoms with E-state index in [1.165, 1.54) is 5.56 Å². The number of nitrogens with two attached hydrogens (primary N) is 1. The first kappa shape index (κ1) is 21.9. The maximum atomic E-state index is 9.85. The number of ether oxygens (including phenoxy) is 2. The van der Waals surface area contributed by atoms with E-state index >= 15 is 0 Å². The number of fused-ring (bicyclic) bond motifs is 2. The van der Waals surface area contributed by atoms with Gasteiger partial charge in [-0.1, -0.05) is 29.4 Å². The summed E-state index contributed by atoms with van der Waals surface area (Å²) >= 11 is 0. The van der Waals surface area contributed by atoms with Crippen molar-refractivity contribution in [2.75, 3.05) is 14.2 Å². The Morgan fingerprint density at radius 2 is 1.43 bits per heavy atom. The van der Waals surface area contributed by atoms with Crippen LogP contribution in [0.15, 0.2) is 41.5 Å². The third-order valence-corrected chi connectivity index (χ3v) is 5.75. The van der Waals surface area contributed by atoms with Gasteiger partial charge in [0.05, 0.1) is 32.5 Å². The van der Waals surface area contributed by atoms with Crippen molar-refractivity contribution >= 4 is 0 Å². The summed E-state index contributed by atoms with van der Waals surface area (Å²) in [5.74, 6) is 1.64. The summed E-state index contributed by atoms with van der Waals surface area (Å²) in [6, 6.07) is 11.2. The Morgan fingerprint density at radius 1 is 0.900 bits per heavy atom. The van der Waals surface area contributed by atoms with E-state index in [0.29, 0.717) is 19.3 Å². The lowest BCUT2D eigenvalue weighted by Gasteiger charge is -2.27. The third kappa shape index (κ3) is 4.68. The number of aliphatic hydroxyl groups excluding tert-OH is 2. The van der Waals surface area contributed by atoms with Gasteiger partial charge in [0.15, 0.2) is 0 Å². The lowest BCUT2D eigenvalue weighted by molar-refractivity contribution is 0.136. The summed E-state index contributed by atoms with van der Waals surface area (Å²) in [6.45, 7) is 0. The lowest BCUT2D eigenvalue weighted by Crippen LogP contribution is -2.41. The normalized spacial score (nSPS) is 24.3. The Hall–Kier alpha value is -2.77. The Bertz CT molecular complexity index is 929. The molecule has 0 aromatic heterocycles. The predicted octanol–water partition coefficient (Wildman–Crippen LogP) is 2.32. The van der Waals surface area contributed by atoms with Crippen LogP contribution in [0.1, 0.15) is 22.3 Å². The molecule has 4 atom stereocenters. The second-order valence-corrected chi connectivity index (χ2v) is 7.58. The molecule has 0 spiro atoms. The summed E-state index contributed by atoms with van der Waals surface area (Å²) in [7, 11) is 3.26. The van der Waals surface area contributed by atoms with Crippen molar-refractivity contribution in [2.45, 2.75) is 50.0 Å². The quantitative estimate of drug-likeness (QED) is 0.404. The van der Waals surface area contributed by atoms with Crippen molar-refractivity contribution in [1.29, 1.82) is 0 Å². The van der Waals surface area contributed by atoms with Crippen LogP contribution >= 0.6 is 0 Å². The zero-order valence-corrected chi connectivity index (χ0v) is 17.2. The predicted molar refractivity (Wildman–Crippen MR) is 114 cm³/mol. The van der Waals surface area contributed by atoms with E-state index < -0.39 is 12.2 Å². The summed E-state index contributed by atoms with van der Waals surface area (Å²) < 4.78 is 10.5. The van der Waals surface area contributed by atoms with Crippen molar-refractivity contribution in [1.82, 2.24) is 0 Å². The number of rotatable bonds is 3. The molecule has 2 aliphatic carbocycles. The van der Waals surface area contributed by atoms with Crippen molar-refractivity contribution in [2.24, 2.45) is 10.8 Å². The van der Waals surface area contributed by atoms with E-state index in [2.05, 4.69) is 10.0 Å². The molecule has 2 aliphatic rings. The summed E-state index contributed by atoms with van der Waals surface area (Å²) in [6.07, 6.45) is 1.30. The molecule has 2 aromatic rings. The van der Waals surface area contributed by atoms with Gasteiger partial charge in [-0.05, 0) is 52.8 Å². The van der Waals surface area contributed by atoms with Crippen LogP contribution in [0.3, 0.4) is 0 Å². The summed E-state index contributed by atoms with van der Waals surface area (Å²) in [4.78, 5) is 2.76. The number of azide groups is 1. The highest BCUT2D eigenvalue weighted by Gasteiger charge is 2.28. The van der Waals surface area contributed by atoms with Gasteiger partial charge in [-0.3, -0.25) is 0 Å². The number of benzene rings is 2. The minimum atomic E-state index is -0.625. The highest BCUT2D eigenvalue weighted by atomic mass is 16.5. The largest absolute Gasteiger partial charge is 0.496 e. The summed E-state index contributed by atoms with van der Waals surface area (Å²) in [5.41, 5.74) is 18.6. The molecule has 0 saturated carbocycles. The van der Waals surface area contributed by atoms with Gasteiger partial charge in [0.25, 0.3) is 0 Å². The molecule has 0 bridgehead atoms. The minimum absolute atomic E-state index is 0.144. The van der Waals surface area contributed by atoms with Gasteiger partial charge in [0.1, 0.15) is 11.5 Å². The highest BCUT2D eigenvalue weighted by molar-refractivity contribution is 5.44. The Labute approximate surface area is 175 Å². The fourth-order valence-electron chi connectivity index (χ4n) is 4.09. The van der Waals surface area contributed by atoms with Gasteiger partial charge in [-0.25, -0.2) is 0 Å². The second-order valence-electron chi connectivity index (χ2n) is 7.58. The zero-order chi connectivity index (χ0) is 21.7. The van der Waals surface area contributed by atoms with Crippen LogP contribution in [0.4, 0.5) is 0 Å². The molecule has 4 rings (SSSR count). The molecular formula is C22H28N4O4. The monoisotopic (exact) mass is 412 g/mol. The average molecular weight is 412 g/mol. The topological polar surface area (TPSA) is 134 Å². The molecular weight excluding hydrogens is 384 g/mol. The Morgan fingerprint density at radius 3 is 1.97 bits per heavy atom. The minimum Gasteiger partial charge on any atom is -0.496 e. The SMILES string of the molecule is COc1cccc2c1C[C@@H](O)[C@H](N)C2.COc1cccc2c1C[C@@H](O)[C@H](N=[N+]=[N-])C2. The van der Waals surface area contributed by atoms with Gasteiger partial charge in [-0.2, -0.15) is 0 Å². The number of nitrogens with zero attached hydrogens (tertiary/aromatic N) is 3. The van der Waals surface area contributed by atoms with Gasteiger partial charge in [0.2, 0.25) is 0 Å². The number of hydrogen-bond acceptors (Lipinski definition) is 6. The van der Waals surface area contributed by atoms with Gasteiger partial charge in [-0.15, -0.1) is 0 Å². The van der Waals surface area contributed by atoms with E-state index in [4.69, 9.17) is 20.7 Å². The lowest BCUT2D eigenvalue weighted by atomic mass is 9.86. The smallest absolute Gasteiger partial charge is 0.122 e. The number of aliphatic hydroxyl groups is 2. The second kappa shape index (κ2) is 9.82. The van der Waals surface area contributed by atoms with Crippen LogP contribution in [-0.4, -0.2) is 48.7 Å². The maximum Gasteiger partial charge on any atom is 0.122 e. The molecule has 0 aliphatic heterocycles. The standard InChI is InChI=1S/C11H13N3O2.C11H15NO2/c1-16-11-4-2-3-7-5-9(13-14-12)10(15)6-8(7)11;1-14-11-4-2-3-7-5-9(12)10(13)6-8(7)11/h2-4,9-10,15H,5-6H2,1H3;2-4,9-10,13H,5-6,12H2,1H3/t2*9-,10-/m11/s1. The molecule has 0 heterocycles. The van der Waals surface area contributed by atoms with Crippen LogP contribution in [0.25, 0.3) is 10.4 Å². The number of methoxy groups -OCH3 is 2. The van der Waals surface area contributed by atoms with Gasteiger partial charge >= 0.3 is 0 Å². The fourth-order valence-corrected chi connectivity index (χ4v) is 4.09. The zero-order valence-electron chi connectivity index (χ0n) is 17.2. The van der Waals surface area contributed by atoms with Crippen molar-refractivity contribution < 1.29 is 19.7 Å². The van der Waals surface area contributed by atoms with Crippen LogP contribution < -0.4 is 15.2 Å². The van der Waals surface area contributed by atoms with Crippen molar-refractivity contribution in [3.8, 4) is 11.5 Å². The molecule has 0 amide bonds. The van der Waals surface area contributed by atoms with Gasteiger partial charge in [0, 0.05) is 23.8 Å². The Balaban J connectivity index is 0.000000172. The first-order chi connectivity index (χ1) is 14.5. The van der Waals surface area contributed by atoms with Crippen LogP contribution in [0, 0.1) is 0 Å². The first-order valence-electron chi connectivity index (χ1n) is 9.93. The van der Waals surface area contributed by atoms with Crippen LogP contribution in [-0.2, 0) is 25.7 Å². The van der Waals surface area contributed by atoms with E-state index in [9.17, 15) is 10.2 Å². The molecule has 0 unspecified atom stereocenters. The van der Waals surface area contributed by atoms with Crippen molar-refractivity contribution in [3.05, 3.63) is 69.1 Å². The van der Waals surface area contributed by atoms with E-state index in [0.717, 1.165) is 34.6 Å². The summed E-state index contributed by atoms with van der Waals surface area (Å²) in [5, 5.41) is 23.1. The van der Waals surface area contributed by atoms with E-state index in [-0.39, 0.29) is 12.1 Å². The van der Waals surface area contributed by atoms with Crippen LogP contribution in [0.5, 0.6) is 11.5 Å². The molecule has 0 fully saturated rings. The average Bonchev–Trinajstić information content (AvgIpc) is 2.75. The molecule has 4 N–H and O–H groups in total. The molecule has 8 heteroatoms. The maximum absolute atomic E-state index is 9.85. The first-order valence-corrected chi connectivity index (χ1v) is 9.93. The molecule has 0 saturated heterocycles. The molecule has 0 radical (unpaired) electrons. The molecule has 8 nitrogen and oxygen atoms in total. The van der Waals surface area contributed by atoms with Crippen molar-refractivity contribution in [3.63, 3.8) is 0 Å². The fraction of sp³-hybridized carbons (Fsp3) is 0.455. The van der Waals surface area contributed by atoms with E-state index in [1.807, 2.05) is 36.4 Å². The molecule has 30 heavy (non-hydrogen) atoms. The van der Waals surface area contributed by atoms with E-state index in [1.54, 1.807) is 14.2 Å². The number of hydrogen-bond donors (Lipinski definition) is 3. The third-order valence-electron chi connectivity index (χ3n) is 5.75. The molecule has 2 aromatic carbocycles.